The van der Waals surface area contributed by atoms with Gasteiger partial charge in [-0.15, -0.1) is 0 Å². The van der Waals surface area contributed by atoms with Crippen LogP contribution in [0.15, 0.2) is 29.8 Å². The number of methoxy groups -OCH3 is 1. The summed E-state index contributed by atoms with van der Waals surface area (Å²) >= 11 is 0. The van der Waals surface area contributed by atoms with Crippen LogP contribution in [0.25, 0.3) is 0 Å². The highest BCUT2D eigenvalue weighted by Crippen LogP contribution is 2.27. The van der Waals surface area contributed by atoms with Crippen LogP contribution in [0.5, 0.6) is 11.5 Å². The molecule has 22 heavy (non-hydrogen) atoms. The van der Waals surface area contributed by atoms with E-state index in [0.717, 1.165) is 5.57 Å². The zero-order chi connectivity index (χ0) is 16.7. The summed E-state index contributed by atoms with van der Waals surface area (Å²) in [5.74, 6) is -0.0631. The summed E-state index contributed by atoms with van der Waals surface area (Å²) in [4.78, 5) is 23.0. The smallest absolute Gasteiger partial charge is 0.337 e. The number of phenolic OH excluding ortho intramolecular Hbond substituents is 1. The summed E-state index contributed by atoms with van der Waals surface area (Å²) in [6, 6.07) is 4.28. The van der Waals surface area contributed by atoms with Crippen LogP contribution in [0, 0.1) is 5.92 Å². The molecule has 5 nitrogen and oxygen atoms in total. The highest BCUT2D eigenvalue weighted by atomic mass is 16.5. The van der Waals surface area contributed by atoms with Gasteiger partial charge in [-0.2, -0.15) is 0 Å². The molecule has 120 valence electrons. The third kappa shape index (κ3) is 5.60. The van der Waals surface area contributed by atoms with Crippen LogP contribution >= 0.6 is 0 Å². The third-order valence-electron chi connectivity index (χ3n) is 2.85. The Bertz CT molecular complexity index is 572. The monoisotopic (exact) mass is 306 g/mol. The Hall–Kier alpha value is -2.30. The summed E-state index contributed by atoms with van der Waals surface area (Å²) in [6.07, 6.45) is 2.05. The summed E-state index contributed by atoms with van der Waals surface area (Å²) in [6.45, 7) is 5.95. The van der Waals surface area contributed by atoms with Crippen molar-refractivity contribution in [1.82, 2.24) is 0 Å². The first kappa shape index (κ1) is 17.8. The van der Waals surface area contributed by atoms with Crippen LogP contribution in [-0.2, 0) is 9.53 Å². The van der Waals surface area contributed by atoms with Crippen molar-refractivity contribution in [2.75, 3.05) is 13.7 Å². The zero-order valence-electron chi connectivity index (χ0n) is 13.4. The maximum Gasteiger partial charge on any atom is 0.337 e. The van der Waals surface area contributed by atoms with Crippen LogP contribution < -0.4 is 4.74 Å². The number of phenols is 1. The fourth-order valence-corrected chi connectivity index (χ4v) is 1.85. The number of esters is 1. The van der Waals surface area contributed by atoms with Gasteiger partial charge in [-0.25, -0.2) is 4.79 Å². The molecule has 1 rings (SSSR count). The van der Waals surface area contributed by atoms with E-state index in [-0.39, 0.29) is 29.5 Å². The largest absolute Gasteiger partial charge is 0.504 e. The second-order valence-corrected chi connectivity index (χ2v) is 5.52. The lowest BCUT2D eigenvalue weighted by molar-refractivity contribution is -0.115. The molecule has 0 spiro atoms. The second-order valence-electron chi connectivity index (χ2n) is 5.52. The maximum absolute atomic E-state index is 11.7. The lowest BCUT2D eigenvalue weighted by Crippen LogP contribution is -2.05. The number of ether oxygens (including phenoxy) is 2. The predicted octanol–water partition coefficient (Wildman–Crippen LogP) is 3.12. The number of hydrogen-bond acceptors (Lipinski definition) is 5. The Morgan fingerprint density at radius 1 is 1.32 bits per heavy atom. The Balaban J connectivity index is 2.66. The number of allylic oxidation sites excluding steroid dienone is 1. The van der Waals surface area contributed by atoms with Crippen molar-refractivity contribution in [3.05, 3.63) is 35.4 Å². The molecule has 5 heteroatoms. The highest BCUT2D eigenvalue weighted by Gasteiger charge is 2.10. The van der Waals surface area contributed by atoms with Crippen molar-refractivity contribution in [3.8, 4) is 11.5 Å². The third-order valence-corrected chi connectivity index (χ3v) is 2.85. The SMILES string of the molecule is COC(=O)c1ccc(OC/C(C)=C/C(=O)CC(C)C)c(O)c1. The van der Waals surface area contributed by atoms with Gasteiger partial charge in [-0.05, 0) is 42.7 Å². The van der Waals surface area contributed by atoms with E-state index in [1.54, 1.807) is 13.0 Å². The van der Waals surface area contributed by atoms with E-state index in [1.807, 2.05) is 13.8 Å². The molecule has 0 radical (unpaired) electrons. The van der Waals surface area contributed by atoms with Gasteiger partial charge >= 0.3 is 5.97 Å². The molecule has 0 saturated heterocycles. The molecule has 0 heterocycles. The minimum atomic E-state index is -0.530. The van der Waals surface area contributed by atoms with Gasteiger partial charge < -0.3 is 14.6 Å². The van der Waals surface area contributed by atoms with Gasteiger partial charge in [-0.1, -0.05) is 13.8 Å². The van der Waals surface area contributed by atoms with E-state index in [2.05, 4.69) is 4.74 Å². The molecule has 0 aliphatic heterocycles. The van der Waals surface area contributed by atoms with E-state index in [9.17, 15) is 14.7 Å². The second kappa shape index (κ2) is 8.22. The van der Waals surface area contributed by atoms with Gasteiger partial charge in [0.15, 0.2) is 17.3 Å². The van der Waals surface area contributed by atoms with Gasteiger partial charge in [0.1, 0.15) is 6.61 Å². The molecule has 0 unspecified atom stereocenters. The maximum atomic E-state index is 11.7. The van der Waals surface area contributed by atoms with E-state index >= 15 is 0 Å². The van der Waals surface area contributed by atoms with Crippen molar-refractivity contribution in [2.45, 2.75) is 27.2 Å². The van der Waals surface area contributed by atoms with Crippen LogP contribution in [0.4, 0.5) is 0 Å². The number of aromatic hydroxyl groups is 1. The van der Waals surface area contributed by atoms with E-state index in [0.29, 0.717) is 12.3 Å². The fraction of sp³-hybridized carbons (Fsp3) is 0.412. The van der Waals surface area contributed by atoms with Crippen LogP contribution in [0.1, 0.15) is 37.6 Å². The highest BCUT2D eigenvalue weighted by molar-refractivity contribution is 5.90. The summed E-state index contributed by atoms with van der Waals surface area (Å²) in [5, 5.41) is 9.83. The van der Waals surface area contributed by atoms with Gasteiger partial charge in [0.05, 0.1) is 12.7 Å². The lowest BCUT2D eigenvalue weighted by Gasteiger charge is -2.09. The predicted molar refractivity (Wildman–Crippen MR) is 83.2 cm³/mol. The molecule has 1 aromatic rings. The number of carbonyl (C=O) groups excluding carboxylic acids is 2. The normalized spacial score (nSPS) is 11.4. The van der Waals surface area contributed by atoms with Crippen molar-refractivity contribution in [3.63, 3.8) is 0 Å². The number of hydrogen-bond donors (Lipinski definition) is 1. The molecule has 0 aromatic heterocycles. The van der Waals surface area contributed by atoms with E-state index < -0.39 is 5.97 Å². The minimum absolute atomic E-state index is 0.0568. The molecule has 0 atom stereocenters. The lowest BCUT2D eigenvalue weighted by atomic mass is 10.1. The van der Waals surface area contributed by atoms with Crippen molar-refractivity contribution in [2.24, 2.45) is 5.92 Å². The van der Waals surface area contributed by atoms with E-state index in [4.69, 9.17) is 4.74 Å². The Morgan fingerprint density at radius 3 is 2.55 bits per heavy atom. The van der Waals surface area contributed by atoms with Crippen LogP contribution in [0.3, 0.4) is 0 Å². The number of carbonyl (C=O) groups is 2. The van der Waals surface area contributed by atoms with Gasteiger partial charge in [0.2, 0.25) is 0 Å². The number of benzene rings is 1. The molecule has 0 aliphatic rings. The molecule has 1 aromatic carbocycles. The fourth-order valence-electron chi connectivity index (χ4n) is 1.85. The van der Waals surface area contributed by atoms with Crippen LogP contribution in [-0.4, -0.2) is 30.6 Å². The van der Waals surface area contributed by atoms with Crippen molar-refractivity contribution in [1.29, 1.82) is 0 Å². The Morgan fingerprint density at radius 2 is 2.00 bits per heavy atom. The van der Waals surface area contributed by atoms with Crippen LogP contribution in [0.2, 0.25) is 0 Å². The number of ketones is 1. The summed E-state index contributed by atoms with van der Waals surface area (Å²) in [7, 11) is 1.27. The summed E-state index contributed by atoms with van der Waals surface area (Å²) < 4.78 is 10.0. The molecule has 0 aliphatic carbocycles. The average Bonchev–Trinajstić information content (AvgIpc) is 2.44. The molecular weight excluding hydrogens is 284 g/mol. The Kier molecular flexibility index (Phi) is 6.63. The first-order valence-corrected chi connectivity index (χ1v) is 7.07. The first-order chi connectivity index (χ1) is 10.3. The molecule has 0 amide bonds. The number of rotatable bonds is 7. The van der Waals surface area contributed by atoms with Gasteiger partial charge in [-0.3, -0.25) is 4.79 Å². The molecule has 1 N–H and O–H groups in total. The zero-order valence-corrected chi connectivity index (χ0v) is 13.4. The quantitative estimate of drug-likeness (QED) is 0.619. The average molecular weight is 306 g/mol. The summed E-state index contributed by atoms with van der Waals surface area (Å²) in [5.41, 5.74) is 1.01. The molecular formula is C17H22O5. The van der Waals surface area contributed by atoms with Gasteiger partial charge in [0, 0.05) is 6.42 Å². The standard InChI is InChI=1S/C17H22O5/c1-11(2)7-14(18)8-12(3)10-22-16-6-5-13(9-15(16)19)17(20)21-4/h5-6,8-9,11,19H,7,10H2,1-4H3/b12-8+. The minimum Gasteiger partial charge on any atom is -0.504 e. The molecule has 0 bridgehead atoms. The van der Waals surface area contributed by atoms with Gasteiger partial charge in [0.25, 0.3) is 0 Å². The first-order valence-electron chi connectivity index (χ1n) is 7.07. The van der Waals surface area contributed by atoms with Crippen molar-refractivity contribution >= 4 is 11.8 Å². The Labute approximate surface area is 130 Å². The molecule has 0 fully saturated rings. The topological polar surface area (TPSA) is 72.8 Å². The van der Waals surface area contributed by atoms with E-state index in [1.165, 1.54) is 25.3 Å². The van der Waals surface area contributed by atoms with Crippen molar-refractivity contribution < 1.29 is 24.2 Å². The molecule has 0 saturated carbocycles.